The molecule has 0 bridgehead atoms. The summed E-state index contributed by atoms with van der Waals surface area (Å²) in [6, 6.07) is 12.0. The number of benzene rings is 1. The van der Waals surface area contributed by atoms with Crippen molar-refractivity contribution in [2.75, 3.05) is 33.3 Å². The second-order valence-corrected chi connectivity index (χ2v) is 8.99. The highest BCUT2D eigenvalue weighted by molar-refractivity contribution is 7.16. The molecule has 0 saturated carbocycles. The van der Waals surface area contributed by atoms with E-state index in [4.69, 9.17) is 20.8 Å². The van der Waals surface area contributed by atoms with Crippen LogP contribution >= 0.6 is 22.9 Å². The number of piperazine rings is 1. The number of aromatic nitrogens is 2. The first-order chi connectivity index (χ1) is 13.6. The molecule has 3 heterocycles. The van der Waals surface area contributed by atoms with Gasteiger partial charge in [0.2, 0.25) is 5.89 Å². The topological polar surface area (TPSA) is 57.0 Å². The lowest BCUT2D eigenvalue weighted by molar-refractivity contribution is -1.03. The van der Waals surface area contributed by atoms with Crippen LogP contribution in [0.3, 0.4) is 0 Å². The number of thiophene rings is 1. The molecule has 3 aromatic rings. The van der Waals surface area contributed by atoms with Gasteiger partial charge < -0.3 is 19.0 Å². The van der Waals surface area contributed by atoms with Crippen LogP contribution < -0.4 is 14.5 Å². The smallest absolute Gasteiger partial charge is 0.274 e. The Morgan fingerprint density at radius 3 is 2.50 bits per heavy atom. The minimum atomic E-state index is 0.192. The fraction of sp³-hybridized carbons (Fsp3) is 0.400. The van der Waals surface area contributed by atoms with Crippen LogP contribution in [0.25, 0.3) is 11.5 Å². The maximum Gasteiger partial charge on any atom is 0.274 e. The van der Waals surface area contributed by atoms with Gasteiger partial charge in [-0.25, -0.2) is 0 Å². The first-order valence-electron chi connectivity index (χ1n) is 9.52. The Morgan fingerprint density at radius 2 is 1.86 bits per heavy atom. The normalized spacial score (nSPS) is 20.8. The molecular formula is C20H25ClN4O2S+2. The van der Waals surface area contributed by atoms with Gasteiger partial charge in [-0.3, -0.25) is 0 Å². The summed E-state index contributed by atoms with van der Waals surface area (Å²) in [6.07, 6.45) is 0. The molecule has 1 saturated heterocycles. The number of halogens is 1. The van der Waals surface area contributed by atoms with Crippen molar-refractivity contribution in [2.45, 2.75) is 19.5 Å². The number of nitrogens with zero attached hydrogens (tertiary/aromatic N) is 2. The van der Waals surface area contributed by atoms with E-state index in [0.29, 0.717) is 11.8 Å². The van der Waals surface area contributed by atoms with E-state index in [1.54, 1.807) is 23.3 Å². The summed E-state index contributed by atoms with van der Waals surface area (Å²) in [5.41, 5.74) is 0.908. The summed E-state index contributed by atoms with van der Waals surface area (Å²) in [7, 11) is 1.65. The van der Waals surface area contributed by atoms with E-state index in [1.165, 1.54) is 9.78 Å². The van der Waals surface area contributed by atoms with E-state index in [1.807, 2.05) is 30.3 Å². The Morgan fingerprint density at radius 1 is 1.11 bits per heavy atom. The van der Waals surface area contributed by atoms with Crippen LogP contribution in [-0.2, 0) is 6.54 Å². The molecule has 2 N–H and O–H groups in total. The van der Waals surface area contributed by atoms with Crippen LogP contribution in [0.5, 0.6) is 5.75 Å². The molecule has 0 aliphatic carbocycles. The SMILES string of the molecule is COc1ccc(-c2nnc([C@H](C)[NH+]3CC[NH+](Cc4ccc(Cl)s4)CC3)o2)cc1. The summed E-state index contributed by atoms with van der Waals surface area (Å²) in [6.45, 7) is 7.68. The van der Waals surface area contributed by atoms with Gasteiger partial charge in [-0.2, -0.15) is 0 Å². The number of hydrogen-bond acceptors (Lipinski definition) is 5. The fourth-order valence-corrected chi connectivity index (χ4v) is 4.82. The standard InChI is InChI=1S/C20H23ClN4O2S/c1-14(19-22-23-20(27-19)15-3-5-16(26-2)6-4-15)25-11-9-24(10-12-25)13-17-7-8-18(21)28-17/h3-8,14H,9-13H2,1-2H3/p+2/t14-/m0/s1. The molecule has 0 spiro atoms. The number of methoxy groups -OCH3 is 1. The second-order valence-electron chi connectivity index (χ2n) is 7.19. The van der Waals surface area contributed by atoms with Crippen LogP contribution in [0.2, 0.25) is 4.34 Å². The molecule has 8 heteroatoms. The zero-order valence-electron chi connectivity index (χ0n) is 16.1. The lowest BCUT2D eigenvalue weighted by Crippen LogP contribution is -3.27. The molecule has 1 aliphatic rings. The van der Waals surface area contributed by atoms with Crippen LogP contribution in [-0.4, -0.2) is 43.5 Å². The Hall–Kier alpha value is -1.93. The van der Waals surface area contributed by atoms with Crippen molar-refractivity contribution in [1.29, 1.82) is 0 Å². The van der Waals surface area contributed by atoms with Gasteiger partial charge in [0.25, 0.3) is 5.89 Å². The Bertz CT molecular complexity index is 903. The number of hydrogen-bond donors (Lipinski definition) is 2. The van der Waals surface area contributed by atoms with Gasteiger partial charge in [-0.1, -0.05) is 11.6 Å². The summed E-state index contributed by atoms with van der Waals surface area (Å²) in [5, 5.41) is 8.56. The van der Waals surface area contributed by atoms with E-state index in [0.717, 1.165) is 48.4 Å². The van der Waals surface area contributed by atoms with E-state index in [9.17, 15) is 0 Å². The third-order valence-electron chi connectivity index (χ3n) is 5.41. The molecule has 1 aliphatic heterocycles. The highest BCUT2D eigenvalue weighted by Crippen LogP contribution is 2.22. The van der Waals surface area contributed by atoms with Crippen molar-refractivity contribution in [3.63, 3.8) is 0 Å². The first kappa shape index (κ1) is 19.4. The fourth-order valence-electron chi connectivity index (χ4n) is 3.66. The molecule has 0 radical (unpaired) electrons. The van der Waals surface area contributed by atoms with Gasteiger partial charge in [-0.15, -0.1) is 21.5 Å². The molecule has 0 amide bonds. The maximum atomic E-state index is 6.05. The van der Waals surface area contributed by atoms with Gasteiger partial charge in [0.15, 0.2) is 6.04 Å². The molecule has 4 rings (SSSR count). The molecule has 2 aromatic heterocycles. The number of quaternary nitrogens is 2. The lowest BCUT2D eigenvalue weighted by Gasteiger charge is -2.31. The number of rotatable bonds is 6. The van der Waals surface area contributed by atoms with Crippen molar-refractivity contribution in [3.8, 4) is 17.2 Å². The van der Waals surface area contributed by atoms with Crippen molar-refractivity contribution in [1.82, 2.24) is 10.2 Å². The van der Waals surface area contributed by atoms with Gasteiger partial charge in [-0.05, 0) is 43.3 Å². The second kappa shape index (κ2) is 8.61. The summed E-state index contributed by atoms with van der Waals surface area (Å²) in [4.78, 5) is 4.47. The monoisotopic (exact) mass is 420 g/mol. The van der Waals surface area contributed by atoms with Crippen molar-refractivity contribution in [2.24, 2.45) is 0 Å². The lowest BCUT2D eigenvalue weighted by atomic mass is 10.2. The largest absolute Gasteiger partial charge is 0.497 e. The molecule has 0 unspecified atom stereocenters. The summed E-state index contributed by atoms with van der Waals surface area (Å²) < 4.78 is 12.0. The summed E-state index contributed by atoms with van der Waals surface area (Å²) >= 11 is 7.73. The quantitative estimate of drug-likeness (QED) is 0.634. The van der Waals surface area contributed by atoms with E-state index >= 15 is 0 Å². The molecule has 1 aromatic carbocycles. The van der Waals surface area contributed by atoms with Gasteiger partial charge in [0.05, 0.1) is 16.3 Å². The molecular weight excluding hydrogens is 396 g/mol. The molecule has 6 nitrogen and oxygen atoms in total. The predicted octanol–water partition coefficient (Wildman–Crippen LogP) is 1.50. The van der Waals surface area contributed by atoms with E-state index < -0.39 is 0 Å². The van der Waals surface area contributed by atoms with Crippen LogP contribution in [0.15, 0.2) is 40.8 Å². The average Bonchev–Trinajstić information content (AvgIpc) is 3.37. The van der Waals surface area contributed by atoms with E-state index in [-0.39, 0.29) is 6.04 Å². The predicted molar refractivity (Wildman–Crippen MR) is 109 cm³/mol. The van der Waals surface area contributed by atoms with Crippen LogP contribution in [0, 0.1) is 0 Å². The molecule has 1 fully saturated rings. The van der Waals surface area contributed by atoms with E-state index in [2.05, 4.69) is 23.2 Å². The van der Waals surface area contributed by atoms with Crippen molar-refractivity contribution >= 4 is 22.9 Å². The zero-order valence-corrected chi connectivity index (χ0v) is 17.6. The van der Waals surface area contributed by atoms with Crippen molar-refractivity contribution in [3.05, 3.63) is 51.5 Å². The molecule has 148 valence electrons. The van der Waals surface area contributed by atoms with Crippen LogP contribution in [0.1, 0.15) is 23.7 Å². The Labute approximate surface area is 173 Å². The first-order valence-corrected chi connectivity index (χ1v) is 10.7. The Balaban J connectivity index is 1.35. The summed E-state index contributed by atoms with van der Waals surface area (Å²) in [5.74, 6) is 2.07. The Kier molecular flexibility index (Phi) is 5.96. The third-order valence-corrected chi connectivity index (χ3v) is 6.64. The molecule has 28 heavy (non-hydrogen) atoms. The minimum Gasteiger partial charge on any atom is -0.497 e. The highest BCUT2D eigenvalue weighted by Gasteiger charge is 2.31. The zero-order chi connectivity index (χ0) is 19.5. The van der Waals surface area contributed by atoms with Crippen molar-refractivity contribution < 1.29 is 19.0 Å². The number of ether oxygens (including phenoxy) is 1. The average molecular weight is 421 g/mol. The highest BCUT2D eigenvalue weighted by atomic mass is 35.5. The van der Waals surface area contributed by atoms with Gasteiger partial charge in [0.1, 0.15) is 38.5 Å². The minimum absolute atomic E-state index is 0.192. The number of nitrogens with one attached hydrogen (secondary N) is 2. The third kappa shape index (κ3) is 4.38. The van der Waals surface area contributed by atoms with Gasteiger partial charge >= 0.3 is 0 Å². The maximum absolute atomic E-state index is 6.05. The molecule has 1 atom stereocenters. The van der Waals surface area contributed by atoms with Crippen LogP contribution in [0.4, 0.5) is 0 Å². The van der Waals surface area contributed by atoms with Gasteiger partial charge in [0, 0.05) is 5.56 Å².